The predicted molar refractivity (Wildman–Crippen MR) is 226 cm³/mol. The number of aromatic nitrogens is 4. The Hall–Kier alpha value is -5.71. The van der Waals surface area contributed by atoms with Crippen LogP contribution < -0.4 is 26.0 Å². The lowest BCUT2D eigenvalue weighted by Gasteiger charge is -2.45. The SMILES string of the molecule is CNc1cc(N2CCc3c(-c4ccc(CN5CCC(N6CCC(COc7ccc(Cl)c(C8CCC(=O)NC8=O)c7)CC6)C(F)(F)C5)cn4)cccc32)nn2c(C(N)=O)cnc12. The number of carbonyl (C=O) groups excluding carboxylic acids is 3. The van der Waals surface area contributed by atoms with Crippen molar-refractivity contribution < 1.29 is 27.9 Å². The van der Waals surface area contributed by atoms with E-state index in [2.05, 4.69) is 20.5 Å². The van der Waals surface area contributed by atoms with Gasteiger partial charge in [-0.3, -0.25) is 34.5 Å². The molecule has 3 saturated heterocycles. The number of alkyl halides is 2. The Labute approximate surface area is 356 Å². The van der Waals surface area contributed by atoms with E-state index in [0.29, 0.717) is 85.7 Å². The van der Waals surface area contributed by atoms with Gasteiger partial charge in [-0.2, -0.15) is 0 Å². The first-order valence-corrected chi connectivity index (χ1v) is 21.1. The molecule has 0 bridgehead atoms. The van der Waals surface area contributed by atoms with E-state index < -0.39 is 23.8 Å². The molecule has 318 valence electrons. The summed E-state index contributed by atoms with van der Waals surface area (Å²) in [7, 11) is 1.79. The second-order valence-corrected chi connectivity index (χ2v) is 16.8. The quantitative estimate of drug-likeness (QED) is 0.138. The van der Waals surface area contributed by atoms with E-state index in [9.17, 15) is 14.4 Å². The number of benzene rings is 2. The molecule has 0 aliphatic carbocycles. The number of nitrogens with zero attached hydrogens (tertiary/aromatic N) is 7. The van der Waals surface area contributed by atoms with Crippen molar-refractivity contribution in [1.29, 1.82) is 0 Å². The molecular formula is C44H47ClF2N10O4. The fourth-order valence-corrected chi connectivity index (χ4v) is 9.63. The number of nitrogens with two attached hydrogens (primary N) is 1. The summed E-state index contributed by atoms with van der Waals surface area (Å²) >= 11 is 6.42. The number of carbonyl (C=O) groups is 3. The Morgan fingerprint density at radius 3 is 2.57 bits per heavy atom. The summed E-state index contributed by atoms with van der Waals surface area (Å²) in [6.07, 6.45) is 6.49. The molecule has 2 aromatic carbocycles. The number of rotatable bonds is 11. The second-order valence-electron chi connectivity index (χ2n) is 16.4. The molecule has 0 saturated carbocycles. The van der Waals surface area contributed by atoms with Gasteiger partial charge in [-0.25, -0.2) is 18.3 Å². The summed E-state index contributed by atoms with van der Waals surface area (Å²) in [5, 5.41) is 10.7. The highest BCUT2D eigenvalue weighted by atomic mass is 35.5. The van der Waals surface area contributed by atoms with Gasteiger partial charge in [0.1, 0.15) is 11.4 Å². The minimum atomic E-state index is -2.87. The topological polar surface area (TPSA) is 163 Å². The zero-order valence-electron chi connectivity index (χ0n) is 33.8. The van der Waals surface area contributed by atoms with Gasteiger partial charge in [0.25, 0.3) is 11.8 Å². The molecule has 0 radical (unpaired) electrons. The number of imide groups is 1. The number of anilines is 3. The van der Waals surface area contributed by atoms with Crippen LogP contribution in [0, 0.1) is 5.92 Å². The fourth-order valence-electron chi connectivity index (χ4n) is 9.38. The first-order valence-electron chi connectivity index (χ1n) is 20.8. The summed E-state index contributed by atoms with van der Waals surface area (Å²) in [5.41, 5.74) is 12.4. The van der Waals surface area contributed by atoms with Crippen LogP contribution in [0.5, 0.6) is 5.75 Å². The van der Waals surface area contributed by atoms with E-state index >= 15 is 8.78 Å². The Morgan fingerprint density at radius 1 is 1.00 bits per heavy atom. The number of amides is 3. The van der Waals surface area contributed by atoms with Gasteiger partial charge < -0.3 is 20.7 Å². The highest BCUT2D eigenvalue weighted by molar-refractivity contribution is 6.31. The largest absolute Gasteiger partial charge is 0.493 e. The maximum absolute atomic E-state index is 15.9. The molecule has 61 heavy (non-hydrogen) atoms. The lowest BCUT2D eigenvalue weighted by atomic mass is 9.90. The monoisotopic (exact) mass is 852 g/mol. The summed E-state index contributed by atoms with van der Waals surface area (Å²) in [4.78, 5) is 51.2. The highest BCUT2D eigenvalue weighted by Gasteiger charge is 2.48. The molecule has 3 aromatic heterocycles. The number of fused-ring (bicyclic) bond motifs is 2. The number of primary amides is 1. The van der Waals surface area contributed by atoms with Crippen LogP contribution in [0.3, 0.4) is 0 Å². The molecule has 7 heterocycles. The van der Waals surface area contributed by atoms with Crippen LogP contribution >= 0.6 is 11.6 Å². The Morgan fingerprint density at radius 2 is 1.84 bits per heavy atom. The Balaban J connectivity index is 0.788. The van der Waals surface area contributed by atoms with Gasteiger partial charge in [0.2, 0.25) is 11.8 Å². The van der Waals surface area contributed by atoms with Crippen molar-refractivity contribution >= 4 is 52.2 Å². The summed E-state index contributed by atoms with van der Waals surface area (Å²) in [5.74, 6) is -3.18. The standard InChI is InChI=1S/C44H47ClF2N10O4/c1-49-35-20-39(53-57-37(41(48)59)22-51-42(35)57)56-18-13-30-29(3-2-4-36(30)56)34-9-5-27(21-50-34)23-54-15-14-38(44(46,47)25-54)55-16-11-26(12-17-55)24-61-28-6-8-33(45)32(19-28)31-7-10-40(58)52-43(31)60/h2-6,8-9,19-22,26,31,38,49H,7,10-18,23-25H2,1H3,(H2,48,59)(H,52,58,60). The van der Waals surface area contributed by atoms with Crippen LogP contribution in [0.25, 0.3) is 16.9 Å². The van der Waals surface area contributed by atoms with Crippen LogP contribution in [0.4, 0.5) is 26.0 Å². The maximum atomic E-state index is 15.9. The minimum absolute atomic E-state index is 0.194. The summed E-state index contributed by atoms with van der Waals surface area (Å²) in [6, 6.07) is 16.3. The molecule has 4 N–H and O–H groups in total. The van der Waals surface area contributed by atoms with E-state index in [1.165, 1.54) is 10.7 Å². The molecule has 9 rings (SSSR count). The fraction of sp³-hybridized carbons (Fsp3) is 0.409. The number of piperidine rings is 3. The third kappa shape index (κ3) is 8.11. The lowest BCUT2D eigenvalue weighted by Crippen LogP contribution is -2.59. The van der Waals surface area contributed by atoms with Gasteiger partial charge in [0.15, 0.2) is 11.5 Å². The highest BCUT2D eigenvalue weighted by Crippen LogP contribution is 2.41. The molecule has 14 nitrogen and oxygen atoms in total. The third-order valence-electron chi connectivity index (χ3n) is 12.6. The van der Waals surface area contributed by atoms with Crippen molar-refractivity contribution in [3.05, 3.63) is 94.4 Å². The Kier molecular flexibility index (Phi) is 11.1. The molecule has 5 aromatic rings. The molecule has 3 amide bonds. The third-order valence-corrected chi connectivity index (χ3v) is 12.9. The van der Waals surface area contributed by atoms with Crippen LogP contribution in [-0.2, 0) is 22.6 Å². The normalized spacial score (nSPS) is 21.1. The molecule has 4 aliphatic heterocycles. The number of nitrogens with one attached hydrogen (secondary N) is 2. The van der Waals surface area contributed by atoms with E-state index in [1.807, 2.05) is 46.2 Å². The predicted octanol–water partition coefficient (Wildman–Crippen LogP) is 5.80. The van der Waals surface area contributed by atoms with Crippen LogP contribution in [0.1, 0.15) is 65.2 Å². The lowest BCUT2D eigenvalue weighted by molar-refractivity contribution is -0.134. The van der Waals surface area contributed by atoms with Gasteiger partial charge >= 0.3 is 0 Å². The second kappa shape index (κ2) is 16.6. The van der Waals surface area contributed by atoms with Gasteiger partial charge in [0, 0.05) is 61.6 Å². The van der Waals surface area contributed by atoms with Crippen molar-refractivity contribution in [3.8, 4) is 17.0 Å². The molecule has 2 unspecified atom stereocenters. The van der Waals surface area contributed by atoms with Crippen LogP contribution in [-0.4, -0.2) is 105 Å². The molecule has 4 aliphatic rings. The number of ether oxygens (including phenoxy) is 1. The van der Waals surface area contributed by atoms with Crippen molar-refractivity contribution in [2.45, 2.75) is 63.0 Å². The molecule has 0 spiro atoms. The number of likely N-dealkylation sites (tertiary alicyclic amines) is 2. The first kappa shape index (κ1) is 40.7. The summed E-state index contributed by atoms with van der Waals surface area (Å²) < 4.78 is 39.3. The van der Waals surface area contributed by atoms with E-state index in [1.54, 1.807) is 31.4 Å². The Bertz CT molecular complexity index is 2490. The molecule has 2 atom stereocenters. The number of imidazole rings is 1. The van der Waals surface area contributed by atoms with Crippen molar-refractivity contribution in [2.75, 3.05) is 56.6 Å². The van der Waals surface area contributed by atoms with Gasteiger partial charge in [0.05, 0.1) is 42.7 Å². The van der Waals surface area contributed by atoms with Gasteiger partial charge in [-0.1, -0.05) is 29.8 Å². The van der Waals surface area contributed by atoms with Crippen molar-refractivity contribution in [3.63, 3.8) is 0 Å². The number of hydrogen-bond acceptors (Lipinski definition) is 11. The molecule has 3 fully saturated rings. The van der Waals surface area contributed by atoms with E-state index in [4.69, 9.17) is 32.2 Å². The number of hydrogen-bond donors (Lipinski definition) is 3. The average Bonchev–Trinajstić information content (AvgIpc) is 3.89. The van der Waals surface area contributed by atoms with E-state index in [-0.39, 0.29) is 36.4 Å². The zero-order valence-corrected chi connectivity index (χ0v) is 34.5. The van der Waals surface area contributed by atoms with Crippen molar-refractivity contribution in [2.24, 2.45) is 11.7 Å². The summed E-state index contributed by atoms with van der Waals surface area (Å²) in [6.45, 7) is 2.90. The smallest absolute Gasteiger partial charge is 0.275 e. The van der Waals surface area contributed by atoms with Gasteiger partial charge in [-0.05, 0) is 98.1 Å². The minimum Gasteiger partial charge on any atom is -0.493 e. The number of pyridine rings is 1. The average molecular weight is 853 g/mol. The first-order chi connectivity index (χ1) is 29.4. The van der Waals surface area contributed by atoms with Gasteiger partial charge in [-0.15, -0.1) is 5.10 Å². The van der Waals surface area contributed by atoms with E-state index in [0.717, 1.165) is 47.3 Å². The van der Waals surface area contributed by atoms with Crippen LogP contribution in [0.2, 0.25) is 5.02 Å². The number of halogens is 3. The molecular weight excluding hydrogens is 806 g/mol. The maximum Gasteiger partial charge on any atom is 0.275 e. The van der Waals surface area contributed by atoms with Crippen molar-refractivity contribution in [1.82, 2.24) is 34.7 Å². The molecule has 17 heteroatoms. The zero-order chi connectivity index (χ0) is 42.4. The van der Waals surface area contributed by atoms with Crippen LogP contribution in [0.15, 0.2) is 67.0 Å².